The van der Waals surface area contributed by atoms with E-state index in [-0.39, 0.29) is 65.7 Å². The van der Waals surface area contributed by atoms with Gasteiger partial charge in [-0.15, -0.1) is 0 Å². The SMILES string of the molecule is CC(CCC(=O)NCCS(=O)(=O)O)C1CCC2C3C(F)CC4CC(O)(F)CCC4(C)C3CCC12C. The standard InChI is InChI=1S/C26H43F2NO5S/c1-16(4-7-22(30)29-12-13-35(32,33)34)18-5-6-19-23-20(8-9-25(18,19)3)24(2)10-11-26(28,31)15-17(24)14-21(23)27/h16-21,23,31H,4-15H2,1-3H3,(H,29,30)(H,32,33,34). The monoisotopic (exact) mass is 519 g/mol. The molecule has 4 fully saturated rings. The van der Waals surface area contributed by atoms with Crippen molar-refractivity contribution >= 4 is 16.0 Å². The van der Waals surface area contributed by atoms with Crippen molar-refractivity contribution in [3.8, 4) is 0 Å². The number of carbonyl (C=O) groups is 1. The van der Waals surface area contributed by atoms with E-state index in [0.717, 1.165) is 25.7 Å². The van der Waals surface area contributed by atoms with Gasteiger partial charge >= 0.3 is 0 Å². The summed E-state index contributed by atoms with van der Waals surface area (Å²) in [6, 6.07) is 0. The lowest BCUT2D eigenvalue weighted by Gasteiger charge is -2.62. The second-order valence-corrected chi connectivity index (χ2v) is 14.3. The van der Waals surface area contributed by atoms with E-state index in [9.17, 15) is 22.7 Å². The number of nitrogens with one attached hydrogen (secondary N) is 1. The molecule has 202 valence electrons. The van der Waals surface area contributed by atoms with Crippen LogP contribution in [-0.4, -0.2) is 48.3 Å². The number of hydrogen-bond acceptors (Lipinski definition) is 4. The highest BCUT2D eigenvalue weighted by molar-refractivity contribution is 7.85. The highest BCUT2D eigenvalue weighted by Gasteiger charge is 2.64. The van der Waals surface area contributed by atoms with Gasteiger partial charge in [0.2, 0.25) is 11.8 Å². The summed E-state index contributed by atoms with van der Waals surface area (Å²) in [5, 5.41) is 12.6. The largest absolute Gasteiger partial charge is 0.362 e. The van der Waals surface area contributed by atoms with Gasteiger partial charge in [0, 0.05) is 25.8 Å². The summed E-state index contributed by atoms with van der Waals surface area (Å²) >= 11 is 0. The van der Waals surface area contributed by atoms with Crippen LogP contribution in [0.4, 0.5) is 8.78 Å². The van der Waals surface area contributed by atoms with Gasteiger partial charge in [0.1, 0.15) is 6.17 Å². The van der Waals surface area contributed by atoms with Crippen molar-refractivity contribution in [3.63, 3.8) is 0 Å². The number of rotatable bonds is 7. The fourth-order valence-corrected chi connectivity index (χ4v) is 9.42. The van der Waals surface area contributed by atoms with Crippen molar-refractivity contribution in [2.24, 2.45) is 46.3 Å². The van der Waals surface area contributed by atoms with E-state index >= 15 is 4.39 Å². The average Bonchev–Trinajstić information content (AvgIpc) is 3.09. The maximum atomic E-state index is 15.8. The second-order valence-electron chi connectivity index (χ2n) is 12.7. The van der Waals surface area contributed by atoms with Gasteiger partial charge in [0.15, 0.2) is 0 Å². The third kappa shape index (κ3) is 5.28. The van der Waals surface area contributed by atoms with Crippen LogP contribution in [0.3, 0.4) is 0 Å². The fourth-order valence-electron chi connectivity index (χ4n) is 9.06. The van der Waals surface area contributed by atoms with Crippen molar-refractivity contribution in [2.75, 3.05) is 12.3 Å². The van der Waals surface area contributed by atoms with Crippen LogP contribution in [0.1, 0.15) is 85.0 Å². The van der Waals surface area contributed by atoms with Crippen LogP contribution in [0, 0.1) is 46.3 Å². The number of hydrogen-bond donors (Lipinski definition) is 3. The minimum absolute atomic E-state index is 0.0123. The molecule has 0 radical (unpaired) electrons. The molecule has 4 aliphatic carbocycles. The molecule has 0 aliphatic heterocycles. The van der Waals surface area contributed by atoms with Crippen LogP contribution < -0.4 is 5.32 Å². The van der Waals surface area contributed by atoms with Crippen LogP contribution in [0.25, 0.3) is 0 Å². The van der Waals surface area contributed by atoms with Gasteiger partial charge in [-0.2, -0.15) is 8.42 Å². The van der Waals surface area contributed by atoms with Gasteiger partial charge in [-0.1, -0.05) is 20.8 Å². The van der Waals surface area contributed by atoms with Crippen LogP contribution in [0.2, 0.25) is 0 Å². The molecule has 10 atom stereocenters. The topological polar surface area (TPSA) is 104 Å². The number of amides is 1. The molecule has 0 spiro atoms. The van der Waals surface area contributed by atoms with Crippen molar-refractivity contribution in [1.82, 2.24) is 5.32 Å². The predicted octanol–water partition coefficient (Wildman–Crippen LogP) is 4.67. The van der Waals surface area contributed by atoms with E-state index in [0.29, 0.717) is 31.6 Å². The molecule has 0 aromatic heterocycles. The summed E-state index contributed by atoms with van der Waals surface area (Å²) in [7, 11) is -4.09. The maximum Gasteiger partial charge on any atom is 0.266 e. The lowest BCUT2D eigenvalue weighted by molar-refractivity contribution is -0.208. The zero-order valence-electron chi connectivity index (χ0n) is 21.3. The van der Waals surface area contributed by atoms with Crippen molar-refractivity contribution in [3.05, 3.63) is 0 Å². The first kappa shape index (κ1) is 27.2. The molecule has 0 heterocycles. The molecule has 9 heteroatoms. The Labute approximate surface area is 208 Å². The second kappa shape index (κ2) is 9.50. The first-order valence-electron chi connectivity index (χ1n) is 13.4. The highest BCUT2D eigenvalue weighted by atomic mass is 32.2. The summed E-state index contributed by atoms with van der Waals surface area (Å²) in [6.45, 7) is 6.60. The lowest BCUT2D eigenvalue weighted by Crippen LogP contribution is -2.58. The number of halogens is 2. The van der Waals surface area contributed by atoms with Crippen LogP contribution in [0.15, 0.2) is 0 Å². The normalized spacial score (nSPS) is 46.3. The third-order valence-corrected chi connectivity index (χ3v) is 11.6. The van der Waals surface area contributed by atoms with Gasteiger partial charge in [-0.3, -0.25) is 9.35 Å². The fraction of sp³-hybridized carbons (Fsp3) is 0.962. The first-order chi connectivity index (χ1) is 16.2. The number of aliphatic hydroxyl groups is 1. The average molecular weight is 520 g/mol. The van der Waals surface area contributed by atoms with Crippen molar-refractivity contribution in [2.45, 2.75) is 97.0 Å². The summed E-state index contributed by atoms with van der Waals surface area (Å²) in [5.41, 5.74) is -0.0954. The summed E-state index contributed by atoms with van der Waals surface area (Å²) in [5.74, 6) is -1.79. The molecule has 0 aromatic carbocycles. The quantitative estimate of drug-likeness (QED) is 0.424. The number of alkyl halides is 2. The zero-order valence-corrected chi connectivity index (χ0v) is 22.1. The molecule has 0 saturated heterocycles. The Hall–Kier alpha value is -0.800. The Morgan fingerprint density at radius 3 is 2.49 bits per heavy atom. The maximum absolute atomic E-state index is 15.8. The summed E-state index contributed by atoms with van der Waals surface area (Å²) < 4.78 is 60.6. The smallest absolute Gasteiger partial charge is 0.266 e. The Kier molecular flexibility index (Phi) is 7.39. The Bertz CT molecular complexity index is 913. The van der Waals surface area contributed by atoms with Gasteiger partial charge < -0.3 is 10.4 Å². The first-order valence-corrected chi connectivity index (χ1v) is 15.0. The molecule has 6 nitrogen and oxygen atoms in total. The summed E-state index contributed by atoms with van der Waals surface area (Å²) in [4.78, 5) is 12.2. The highest BCUT2D eigenvalue weighted by Crippen LogP contribution is 2.69. The third-order valence-electron chi connectivity index (χ3n) is 10.9. The number of fused-ring (bicyclic) bond motifs is 5. The Morgan fingerprint density at radius 2 is 1.80 bits per heavy atom. The molecule has 35 heavy (non-hydrogen) atoms. The molecule has 4 saturated carbocycles. The molecular weight excluding hydrogens is 476 g/mol. The van der Waals surface area contributed by atoms with E-state index in [1.807, 2.05) is 0 Å². The van der Waals surface area contributed by atoms with Gasteiger partial charge in [0.05, 0.1) is 5.75 Å². The predicted molar refractivity (Wildman–Crippen MR) is 129 cm³/mol. The molecular formula is C26H43F2NO5S. The van der Waals surface area contributed by atoms with E-state index in [4.69, 9.17) is 4.55 Å². The molecule has 10 unspecified atom stereocenters. The van der Waals surface area contributed by atoms with E-state index in [1.54, 1.807) is 0 Å². The van der Waals surface area contributed by atoms with Gasteiger partial charge in [-0.25, -0.2) is 8.78 Å². The molecule has 4 aliphatic rings. The van der Waals surface area contributed by atoms with Crippen LogP contribution >= 0.6 is 0 Å². The van der Waals surface area contributed by atoms with E-state index in [2.05, 4.69) is 26.1 Å². The van der Waals surface area contributed by atoms with Gasteiger partial charge in [-0.05, 0) is 91.3 Å². The van der Waals surface area contributed by atoms with Crippen molar-refractivity contribution < 1.29 is 31.7 Å². The summed E-state index contributed by atoms with van der Waals surface area (Å²) in [6.07, 6.45) is 5.16. The molecule has 4 rings (SSSR count). The van der Waals surface area contributed by atoms with Crippen LogP contribution in [-0.2, 0) is 14.9 Å². The minimum Gasteiger partial charge on any atom is -0.362 e. The molecule has 3 N–H and O–H groups in total. The van der Waals surface area contributed by atoms with E-state index < -0.39 is 27.9 Å². The Morgan fingerprint density at radius 1 is 1.11 bits per heavy atom. The van der Waals surface area contributed by atoms with Crippen LogP contribution in [0.5, 0.6) is 0 Å². The Balaban J connectivity index is 1.40. The lowest BCUT2D eigenvalue weighted by atomic mass is 9.44. The van der Waals surface area contributed by atoms with Gasteiger partial charge in [0.25, 0.3) is 10.1 Å². The molecule has 0 bridgehead atoms. The molecule has 1 amide bonds. The molecule has 0 aromatic rings. The zero-order chi connectivity index (χ0) is 25.8. The van der Waals surface area contributed by atoms with Crippen molar-refractivity contribution in [1.29, 1.82) is 0 Å². The van der Waals surface area contributed by atoms with E-state index in [1.165, 1.54) is 0 Å². The number of carbonyl (C=O) groups excluding carboxylic acids is 1. The minimum atomic E-state index is -4.09.